The van der Waals surface area contributed by atoms with Crippen LogP contribution in [0.2, 0.25) is 0 Å². The van der Waals surface area contributed by atoms with Crippen molar-refractivity contribution < 1.29 is 19.1 Å². The van der Waals surface area contributed by atoms with Crippen LogP contribution in [0.25, 0.3) is 0 Å². The number of nitrogens with zero attached hydrogens (tertiary/aromatic N) is 1. The van der Waals surface area contributed by atoms with Crippen molar-refractivity contribution in [3.8, 4) is 0 Å². The molecule has 0 aromatic carbocycles. The van der Waals surface area contributed by atoms with Crippen molar-refractivity contribution in [1.82, 2.24) is 4.90 Å². The topological polar surface area (TPSA) is 57.6 Å². The highest BCUT2D eigenvalue weighted by molar-refractivity contribution is 5.87. The van der Waals surface area contributed by atoms with E-state index in [1.165, 1.54) is 0 Å². The van der Waals surface area contributed by atoms with E-state index in [9.17, 15) is 14.0 Å². The van der Waals surface area contributed by atoms with Gasteiger partial charge in [0.05, 0.1) is 0 Å². The molecule has 0 unspecified atom stereocenters. The average molecular weight is 217 g/mol. The highest BCUT2D eigenvalue weighted by atomic mass is 19.1. The zero-order valence-electron chi connectivity index (χ0n) is 9.16. The third-order valence-electron chi connectivity index (χ3n) is 2.48. The lowest BCUT2D eigenvalue weighted by atomic mass is 9.94. The van der Waals surface area contributed by atoms with Gasteiger partial charge < -0.3 is 10.0 Å². The summed E-state index contributed by atoms with van der Waals surface area (Å²) in [5.74, 6) is -1.58. The highest BCUT2D eigenvalue weighted by Crippen LogP contribution is 2.27. The fraction of sp³-hybridized carbons (Fsp3) is 0.800. The normalized spacial score (nSPS) is 26.8. The molecule has 0 bridgehead atoms. The zero-order valence-corrected chi connectivity index (χ0v) is 9.16. The van der Waals surface area contributed by atoms with Gasteiger partial charge in [-0.1, -0.05) is 20.8 Å². The number of carboxylic acids is 1. The number of alkyl halides is 1. The van der Waals surface area contributed by atoms with Gasteiger partial charge in [-0.05, 0) is 6.42 Å². The average Bonchev–Trinajstić information content (AvgIpc) is 2.43. The first-order valence-corrected chi connectivity index (χ1v) is 4.93. The molecule has 0 aromatic heterocycles. The zero-order chi connectivity index (χ0) is 11.8. The van der Waals surface area contributed by atoms with Crippen molar-refractivity contribution in [3.05, 3.63) is 0 Å². The molecule has 0 spiro atoms. The van der Waals surface area contributed by atoms with Crippen LogP contribution >= 0.6 is 0 Å². The minimum atomic E-state index is -1.45. The Bertz CT molecular complexity index is 285. The van der Waals surface area contributed by atoms with Crippen molar-refractivity contribution in [2.45, 2.75) is 39.4 Å². The summed E-state index contributed by atoms with van der Waals surface area (Å²) in [5, 5.41) is 8.83. The quantitative estimate of drug-likeness (QED) is 0.714. The van der Waals surface area contributed by atoms with Gasteiger partial charge in [-0.3, -0.25) is 4.79 Å². The molecule has 0 radical (unpaired) electrons. The lowest BCUT2D eigenvalue weighted by Gasteiger charge is -2.28. The van der Waals surface area contributed by atoms with E-state index < -0.39 is 23.6 Å². The second-order valence-electron chi connectivity index (χ2n) is 4.84. The molecule has 0 aromatic rings. The molecule has 1 rings (SSSR count). The first kappa shape index (κ1) is 11.9. The smallest absolute Gasteiger partial charge is 0.329 e. The van der Waals surface area contributed by atoms with Gasteiger partial charge in [0.15, 0.2) is 6.04 Å². The number of likely N-dealkylation sites (tertiary alicyclic amines) is 1. The van der Waals surface area contributed by atoms with Crippen molar-refractivity contribution in [2.24, 2.45) is 5.41 Å². The fourth-order valence-electron chi connectivity index (χ4n) is 1.70. The monoisotopic (exact) mass is 217 g/mol. The summed E-state index contributed by atoms with van der Waals surface area (Å²) < 4.78 is 13.3. The molecule has 1 aliphatic rings. The number of aliphatic carboxylic acids is 1. The van der Waals surface area contributed by atoms with Crippen molar-refractivity contribution in [2.75, 3.05) is 6.54 Å². The summed E-state index contributed by atoms with van der Waals surface area (Å²) in [4.78, 5) is 23.8. The van der Waals surface area contributed by atoms with Crippen LogP contribution in [0.15, 0.2) is 0 Å². The van der Waals surface area contributed by atoms with Crippen LogP contribution in [0, 0.1) is 5.41 Å². The predicted molar refractivity (Wildman–Crippen MR) is 52.1 cm³/mol. The van der Waals surface area contributed by atoms with E-state index in [0.29, 0.717) is 0 Å². The summed E-state index contributed by atoms with van der Waals surface area (Å²) in [7, 11) is 0. The fourth-order valence-corrected chi connectivity index (χ4v) is 1.70. The molecule has 1 heterocycles. The van der Waals surface area contributed by atoms with E-state index in [-0.39, 0.29) is 18.9 Å². The molecule has 1 aliphatic heterocycles. The van der Waals surface area contributed by atoms with Crippen molar-refractivity contribution in [3.63, 3.8) is 0 Å². The van der Waals surface area contributed by atoms with Gasteiger partial charge in [0, 0.05) is 12.0 Å². The first-order valence-electron chi connectivity index (χ1n) is 4.93. The second-order valence-corrected chi connectivity index (χ2v) is 4.84. The van der Waals surface area contributed by atoms with Gasteiger partial charge in [-0.25, -0.2) is 9.18 Å². The lowest BCUT2D eigenvalue weighted by molar-refractivity contribution is -0.153. The minimum Gasteiger partial charge on any atom is -0.480 e. The Hall–Kier alpha value is -1.13. The number of halogens is 1. The maximum absolute atomic E-state index is 13.3. The SMILES string of the molecule is CC(C)(C)C(=O)N1CC[C@H](F)[C@H]1C(=O)O. The van der Waals surface area contributed by atoms with Crippen LogP contribution in [-0.4, -0.2) is 40.6 Å². The maximum atomic E-state index is 13.3. The number of carbonyl (C=O) groups is 2. The van der Waals surface area contributed by atoms with E-state index in [1.807, 2.05) is 0 Å². The molecular weight excluding hydrogens is 201 g/mol. The van der Waals surface area contributed by atoms with E-state index in [0.717, 1.165) is 4.90 Å². The number of carboxylic acid groups (broad SMARTS) is 1. The van der Waals surface area contributed by atoms with Crippen LogP contribution in [0.5, 0.6) is 0 Å². The van der Waals surface area contributed by atoms with E-state index in [4.69, 9.17) is 5.11 Å². The molecule has 0 aliphatic carbocycles. The summed E-state index contributed by atoms with van der Waals surface area (Å²) in [5.41, 5.74) is -0.669. The summed E-state index contributed by atoms with van der Waals surface area (Å²) in [6.45, 7) is 5.27. The first-order chi connectivity index (χ1) is 6.75. The third-order valence-corrected chi connectivity index (χ3v) is 2.48. The van der Waals surface area contributed by atoms with Crippen LogP contribution in [0.3, 0.4) is 0 Å². The Kier molecular flexibility index (Phi) is 3.02. The predicted octanol–water partition coefficient (Wildman–Crippen LogP) is 1.06. The highest BCUT2D eigenvalue weighted by Gasteiger charge is 2.44. The van der Waals surface area contributed by atoms with Gasteiger partial charge in [0.25, 0.3) is 0 Å². The minimum absolute atomic E-state index is 0.110. The van der Waals surface area contributed by atoms with Crippen molar-refractivity contribution >= 4 is 11.9 Å². The lowest BCUT2D eigenvalue weighted by Crippen LogP contribution is -2.48. The molecule has 5 heteroatoms. The molecule has 1 N–H and O–H groups in total. The van der Waals surface area contributed by atoms with Gasteiger partial charge in [-0.2, -0.15) is 0 Å². The largest absolute Gasteiger partial charge is 0.480 e. The van der Waals surface area contributed by atoms with E-state index >= 15 is 0 Å². The van der Waals surface area contributed by atoms with E-state index in [1.54, 1.807) is 20.8 Å². The van der Waals surface area contributed by atoms with Gasteiger partial charge in [0.1, 0.15) is 6.17 Å². The Morgan fingerprint density at radius 3 is 2.33 bits per heavy atom. The Balaban J connectivity index is 2.87. The second kappa shape index (κ2) is 3.79. The van der Waals surface area contributed by atoms with Crippen LogP contribution < -0.4 is 0 Å². The van der Waals surface area contributed by atoms with E-state index in [2.05, 4.69) is 0 Å². The standard InChI is InChI=1S/C10H16FNO3/c1-10(2,3)9(15)12-5-4-6(11)7(12)8(13)14/h6-7H,4-5H2,1-3H3,(H,13,14)/t6-,7-/m0/s1. The Morgan fingerprint density at radius 1 is 1.40 bits per heavy atom. The molecule has 1 fully saturated rings. The molecule has 4 nitrogen and oxygen atoms in total. The Morgan fingerprint density at radius 2 is 1.93 bits per heavy atom. The van der Waals surface area contributed by atoms with Gasteiger partial charge >= 0.3 is 5.97 Å². The summed E-state index contributed by atoms with van der Waals surface area (Å²) >= 11 is 0. The maximum Gasteiger partial charge on any atom is 0.329 e. The third kappa shape index (κ3) is 2.27. The number of amides is 1. The summed E-state index contributed by atoms with van der Waals surface area (Å²) in [6, 6.07) is -1.31. The molecule has 1 amide bonds. The Labute approximate surface area is 88.1 Å². The number of hydrogen-bond acceptors (Lipinski definition) is 2. The van der Waals surface area contributed by atoms with Gasteiger partial charge in [0.2, 0.25) is 5.91 Å². The number of hydrogen-bond donors (Lipinski definition) is 1. The molecule has 2 atom stereocenters. The molecule has 1 saturated heterocycles. The molecule has 0 saturated carbocycles. The molecule has 86 valence electrons. The van der Waals surface area contributed by atoms with Crippen molar-refractivity contribution in [1.29, 1.82) is 0 Å². The number of carbonyl (C=O) groups excluding carboxylic acids is 1. The van der Waals surface area contributed by atoms with Crippen LogP contribution in [0.4, 0.5) is 4.39 Å². The van der Waals surface area contributed by atoms with Crippen LogP contribution in [-0.2, 0) is 9.59 Å². The molecule has 15 heavy (non-hydrogen) atoms. The molecular formula is C10H16FNO3. The van der Waals surface area contributed by atoms with Gasteiger partial charge in [-0.15, -0.1) is 0 Å². The summed E-state index contributed by atoms with van der Waals surface area (Å²) in [6.07, 6.45) is -1.34. The van der Waals surface area contributed by atoms with Crippen LogP contribution in [0.1, 0.15) is 27.2 Å². The number of rotatable bonds is 1.